The van der Waals surface area contributed by atoms with Crippen LogP contribution in [-0.4, -0.2) is 41.1 Å². The summed E-state index contributed by atoms with van der Waals surface area (Å²) < 4.78 is 202. The number of carbonyl (C=O) groups excluding carboxylic acids is 1. The Balaban J connectivity index is 2.82. The van der Waals surface area contributed by atoms with Crippen LogP contribution < -0.4 is 5.11 Å². The average molecular weight is 548 g/mol. The third kappa shape index (κ3) is 3.17. The molecular formula is C16H3ClF15O2-. The third-order valence-electron chi connectivity index (χ3n) is 4.68. The minimum Gasteiger partial charge on any atom is -0.872 e. The van der Waals surface area contributed by atoms with Crippen molar-refractivity contribution in [1.82, 2.24) is 0 Å². The Morgan fingerprint density at radius 3 is 1.56 bits per heavy atom. The van der Waals surface area contributed by atoms with Gasteiger partial charge in [-0.2, -0.15) is 57.1 Å². The lowest BCUT2D eigenvalue weighted by Gasteiger charge is -2.51. The lowest BCUT2D eigenvalue weighted by molar-refractivity contribution is -0.475. The van der Waals surface area contributed by atoms with Gasteiger partial charge < -0.3 is 5.11 Å². The molecule has 0 saturated heterocycles. The van der Waals surface area contributed by atoms with E-state index in [0.717, 1.165) is 0 Å². The molecule has 0 heterocycles. The van der Waals surface area contributed by atoms with Gasteiger partial charge in [0.2, 0.25) is 5.78 Å². The van der Waals surface area contributed by atoms with Crippen LogP contribution >= 0.6 is 11.6 Å². The summed E-state index contributed by atoms with van der Waals surface area (Å²) in [5.74, 6) is -47.0. The second kappa shape index (κ2) is 7.34. The summed E-state index contributed by atoms with van der Waals surface area (Å²) >= 11 is 5.05. The molecule has 34 heavy (non-hydrogen) atoms. The fourth-order valence-electron chi connectivity index (χ4n) is 2.81. The normalized spacial score (nSPS) is 24.5. The van der Waals surface area contributed by atoms with Crippen molar-refractivity contribution in [2.75, 3.05) is 0 Å². The highest BCUT2D eigenvalue weighted by atomic mass is 35.5. The highest BCUT2D eigenvalue weighted by Crippen LogP contribution is 2.69. The quantitative estimate of drug-likeness (QED) is 0.278. The Bertz CT molecular complexity index is 1030. The number of rotatable bonds is 3. The summed E-state index contributed by atoms with van der Waals surface area (Å²) in [4.78, 5) is 11.7. The second-order valence-electron chi connectivity index (χ2n) is 6.71. The summed E-state index contributed by atoms with van der Waals surface area (Å²) in [6, 6.07) is -0.809. The maximum absolute atomic E-state index is 14.6. The molecule has 1 saturated carbocycles. The lowest BCUT2D eigenvalue weighted by atomic mass is 9.70. The van der Waals surface area contributed by atoms with Gasteiger partial charge in [-0.25, -0.2) is 8.78 Å². The maximum atomic E-state index is 14.6. The summed E-state index contributed by atoms with van der Waals surface area (Å²) in [5, 5.41) is 10.5. The molecule has 2 rings (SSSR count). The van der Waals surface area contributed by atoms with Gasteiger partial charge in [0.1, 0.15) is 5.82 Å². The van der Waals surface area contributed by atoms with E-state index >= 15 is 0 Å². The smallest absolute Gasteiger partial charge is 0.417 e. The zero-order valence-corrected chi connectivity index (χ0v) is 15.9. The number of carbonyl (C=O) groups is 1. The number of allylic oxidation sites excluding steroid dienone is 1. The zero-order chi connectivity index (χ0) is 27.1. The Labute approximate surface area is 181 Å². The Morgan fingerprint density at radius 2 is 1.18 bits per heavy atom. The van der Waals surface area contributed by atoms with Crippen molar-refractivity contribution in [1.29, 1.82) is 0 Å². The summed E-state index contributed by atoms with van der Waals surface area (Å²) in [5.41, 5.74) is -11.7. The number of halogens is 16. The van der Waals surface area contributed by atoms with Crippen LogP contribution in [0.5, 0.6) is 0 Å². The third-order valence-corrected chi connectivity index (χ3v) is 4.97. The van der Waals surface area contributed by atoms with Gasteiger partial charge in [-0.05, 0) is 23.8 Å². The van der Waals surface area contributed by atoms with Gasteiger partial charge >= 0.3 is 41.5 Å². The van der Waals surface area contributed by atoms with E-state index in [1.807, 2.05) is 0 Å². The minimum absolute atomic E-state index is 0.347. The lowest BCUT2D eigenvalue weighted by Crippen LogP contribution is -2.85. The van der Waals surface area contributed by atoms with Crippen molar-refractivity contribution >= 4 is 23.1 Å². The summed E-state index contributed by atoms with van der Waals surface area (Å²) in [6.45, 7) is 0. The standard InChI is InChI=1S/C16H4ClF15O2/c17-6-2-5(11(20,21)22)4(1-7(6)18)8(33)3-9(34)10(19)12(23,24)14(27,28)16(31,32)15(29,30)13(10,25)26/h1-3,33H/p-1/b8-3-. The van der Waals surface area contributed by atoms with E-state index in [1.165, 1.54) is 0 Å². The van der Waals surface area contributed by atoms with Crippen LogP contribution in [0.2, 0.25) is 5.02 Å². The van der Waals surface area contributed by atoms with E-state index in [9.17, 15) is 75.8 Å². The molecule has 1 aromatic rings. The van der Waals surface area contributed by atoms with Crippen LogP contribution in [0.4, 0.5) is 65.9 Å². The fraction of sp³-hybridized carbons (Fsp3) is 0.438. The Hall–Kier alpha value is -2.33. The number of alkyl halides is 14. The summed E-state index contributed by atoms with van der Waals surface area (Å²) in [7, 11) is 0. The molecular weight excluding hydrogens is 545 g/mol. The van der Waals surface area contributed by atoms with Gasteiger partial charge in [-0.15, -0.1) is 0 Å². The molecule has 0 radical (unpaired) electrons. The molecule has 0 N–H and O–H groups in total. The van der Waals surface area contributed by atoms with Crippen LogP contribution in [-0.2, 0) is 11.0 Å². The van der Waals surface area contributed by atoms with Crippen LogP contribution in [0.3, 0.4) is 0 Å². The molecule has 2 nitrogen and oxygen atoms in total. The SMILES string of the molecule is O=C(/C=C(\[O-])c1cc(F)c(Cl)cc1C(F)(F)F)C1(F)C(F)(F)C(F)(F)C(F)(F)C(F)(F)C1(F)F. The largest absolute Gasteiger partial charge is 0.872 e. The molecule has 0 aromatic heterocycles. The molecule has 0 spiro atoms. The van der Waals surface area contributed by atoms with Crippen molar-refractivity contribution < 1.29 is 75.8 Å². The van der Waals surface area contributed by atoms with E-state index in [2.05, 4.69) is 0 Å². The van der Waals surface area contributed by atoms with Gasteiger partial charge in [0.25, 0.3) is 0 Å². The fourth-order valence-corrected chi connectivity index (χ4v) is 2.98. The minimum atomic E-state index is -7.68. The molecule has 192 valence electrons. The van der Waals surface area contributed by atoms with Crippen molar-refractivity contribution in [2.24, 2.45) is 0 Å². The van der Waals surface area contributed by atoms with Crippen molar-refractivity contribution in [3.8, 4) is 0 Å². The molecule has 0 bridgehead atoms. The molecule has 1 aromatic carbocycles. The average Bonchev–Trinajstić information content (AvgIpc) is 2.66. The van der Waals surface area contributed by atoms with E-state index in [4.69, 9.17) is 11.6 Å². The molecule has 0 amide bonds. The Kier molecular flexibility index (Phi) is 6.02. The first-order chi connectivity index (χ1) is 14.8. The maximum Gasteiger partial charge on any atom is 0.417 e. The van der Waals surface area contributed by atoms with Crippen LogP contribution in [0.25, 0.3) is 5.76 Å². The number of benzene rings is 1. The zero-order valence-electron chi connectivity index (χ0n) is 15.1. The molecule has 0 unspecified atom stereocenters. The van der Waals surface area contributed by atoms with Crippen molar-refractivity contribution in [2.45, 2.75) is 41.5 Å². The predicted octanol–water partition coefficient (Wildman–Crippen LogP) is 5.67. The molecule has 18 heteroatoms. The van der Waals surface area contributed by atoms with Gasteiger partial charge in [-0.1, -0.05) is 17.4 Å². The first kappa shape index (κ1) is 27.9. The van der Waals surface area contributed by atoms with Crippen LogP contribution in [0.1, 0.15) is 11.1 Å². The number of ketones is 1. The monoisotopic (exact) mass is 547 g/mol. The highest BCUT2D eigenvalue weighted by Gasteiger charge is 3.02. The molecule has 1 aliphatic rings. The highest BCUT2D eigenvalue weighted by molar-refractivity contribution is 6.30. The van der Waals surface area contributed by atoms with Crippen molar-refractivity contribution in [3.05, 3.63) is 40.2 Å². The van der Waals surface area contributed by atoms with E-state index in [-0.39, 0.29) is 6.07 Å². The topological polar surface area (TPSA) is 40.1 Å². The van der Waals surface area contributed by atoms with E-state index in [1.54, 1.807) is 0 Å². The van der Waals surface area contributed by atoms with Crippen molar-refractivity contribution in [3.63, 3.8) is 0 Å². The second-order valence-corrected chi connectivity index (χ2v) is 7.12. The first-order valence-corrected chi connectivity index (χ1v) is 8.29. The summed E-state index contributed by atoms with van der Waals surface area (Å²) in [6.07, 6.45) is -7.21. The predicted molar refractivity (Wildman–Crippen MR) is 78.0 cm³/mol. The van der Waals surface area contributed by atoms with E-state index in [0.29, 0.717) is 0 Å². The molecule has 0 atom stereocenters. The van der Waals surface area contributed by atoms with Gasteiger partial charge in [0.05, 0.1) is 10.6 Å². The van der Waals surface area contributed by atoms with Crippen LogP contribution in [0.15, 0.2) is 18.2 Å². The van der Waals surface area contributed by atoms with Gasteiger partial charge in [0, 0.05) is 0 Å². The molecule has 0 aliphatic heterocycles. The van der Waals surface area contributed by atoms with E-state index < -0.39 is 87.1 Å². The first-order valence-electron chi connectivity index (χ1n) is 7.91. The molecule has 1 fully saturated rings. The number of hydrogen-bond acceptors (Lipinski definition) is 2. The number of hydrogen-bond donors (Lipinski definition) is 0. The Morgan fingerprint density at radius 1 is 0.794 bits per heavy atom. The van der Waals surface area contributed by atoms with Crippen LogP contribution in [0, 0.1) is 5.82 Å². The molecule has 1 aliphatic carbocycles. The van der Waals surface area contributed by atoms with Gasteiger partial charge in [-0.3, -0.25) is 4.79 Å². The van der Waals surface area contributed by atoms with Gasteiger partial charge in [0.15, 0.2) is 0 Å².